The predicted molar refractivity (Wildman–Crippen MR) is 73.8 cm³/mol. The molecule has 0 radical (unpaired) electrons. The Morgan fingerprint density at radius 3 is 2.56 bits per heavy atom. The quantitative estimate of drug-likeness (QED) is 0.694. The molecule has 9 heteroatoms. The van der Waals surface area contributed by atoms with Crippen molar-refractivity contribution in [1.82, 2.24) is 9.71 Å². The van der Waals surface area contributed by atoms with Gasteiger partial charge in [0.25, 0.3) is 10.0 Å². The standard InChI is InChI=1S/C9H16N2O4S3/c1-5(7(4-12)16-3)11-18(14,15)8-6(2)10-9(13)17-8/h5,7,11-12H,4H2,1-3H3,(H,10,13). The van der Waals surface area contributed by atoms with E-state index in [-0.39, 0.29) is 16.1 Å². The second-order valence-corrected chi connectivity index (χ2v) is 7.76. The first-order valence-corrected chi connectivity index (χ1v) is 8.76. The average Bonchev–Trinajstić information content (AvgIpc) is 2.59. The highest BCUT2D eigenvalue weighted by Gasteiger charge is 2.26. The molecule has 0 aliphatic heterocycles. The van der Waals surface area contributed by atoms with Gasteiger partial charge in [-0.25, -0.2) is 13.1 Å². The molecule has 0 bridgehead atoms. The number of aliphatic hydroxyl groups excluding tert-OH is 1. The first-order valence-electron chi connectivity index (χ1n) is 5.17. The van der Waals surface area contributed by atoms with Gasteiger partial charge in [-0.05, 0) is 20.1 Å². The van der Waals surface area contributed by atoms with Crippen molar-refractivity contribution < 1.29 is 13.5 Å². The van der Waals surface area contributed by atoms with Crippen LogP contribution < -0.4 is 9.60 Å². The number of thioether (sulfide) groups is 1. The highest BCUT2D eigenvalue weighted by Crippen LogP contribution is 2.18. The topological polar surface area (TPSA) is 99.3 Å². The normalized spacial score (nSPS) is 15.6. The molecule has 0 fully saturated rings. The molecular formula is C9H16N2O4S3. The Kier molecular flexibility index (Phi) is 5.41. The van der Waals surface area contributed by atoms with Crippen LogP contribution >= 0.6 is 23.1 Å². The fourth-order valence-corrected chi connectivity index (χ4v) is 4.77. The van der Waals surface area contributed by atoms with Gasteiger partial charge < -0.3 is 10.1 Å². The van der Waals surface area contributed by atoms with Gasteiger partial charge >= 0.3 is 4.87 Å². The molecule has 0 saturated heterocycles. The van der Waals surface area contributed by atoms with Gasteiger partial charge in [0, 0.05) is 17.0 Å². The number of aromatic amines is 1. The molecule has 0 aliphatic rings. The lowest BCUT2D eigenvalue weighted by Crippen LogP contribution is -2.41. The van der Waals surface area contributed by atoms with Crippen LogP contribution in [0, 0.1) is 6.92 Å². The van der Waals surface area contributed by atoms with Crippen molar-refractivity contribution in [1.29, 1.82) is 0 Å². The molecule has 1 aromatic rings. The van der Waals surface area contributed by atoms with Gasteiger partial charge in [0.05, 0.1) is 6.61 Å². The Hall–Kier alpha value is -0.350. The van der Waals surface area contributed by atoms with Crippen molar-refractivity contribution >= 4 is 33.1 Å². The molecule has 6 nitrogen and oxygen atoms in total. The van der Waals surface area contributed by atoms with Crippen molar-refractivity contribution in [3.63, 3.8) is 0 Å². The Bertz CT molecular complexity index is 544. The highest BCUT2D eigenvalue weighted by atomic mass is 32.2. The van der Waals surface area contributed by atoms with Crippen molar-refractivity contribution in [2.24, 2.45) is 0 Å². The van der Waals surface area contributed by atoms with E-state index in [4.69, 9.17) is 5.11 Å². The molecule has 0 amide bonds. The molecular weight excluding hydrogens is 296 g/mol. The van der Waals surface area contributed by atoms with Crippen molar-refractivity contribution in [2.45, 2.75) is 29.3 Å². The van der Waals surface area contributed by atoms with Gasteiger partial charge in [-0.15, -0.1) is 0 Å². The summed E-state index contributed by atoms with van der Waals surface area (Å²) in [6.07, 6.45) is 1.80. The zero-order chi connectivity index (χ0) is 13.9. The van der Waals surface area contributed by atoms with Gasteiger partial charge in [0.2, 0.25) is 0 Å². The van der Waals surface area contributed by atoms with Gasteiger partial charge in [-0.3, -0.25) is 4.79 Å². The Balaban J connectivity index is 2.95. The molecule has 1 aromatic heterocycles. The number of hydrogen-bond donors (Lipinski definition) is 3. The summed E-state index contributed by atoms with van der Waals surface area (Å²) in [5.41, 5.74) is 0.328. The highest BCUT2D eigenvalue weighted by molar-refractivity contribution is 7.99. The lowest BCUT2D eigenvalue weighted by Gasteiger charge is -2.20. The van der Waals surface area contributed by atoms with Gasteiger partial charge in [-0.1, -0.05) is 11.3 Å². The van der Waals surface area contributed by atoms with E-state index in [0.29, 0.717) is 17.0 Å². The number of sulfonamides is 1. The van der Waals surface area contributed by atoms with Crippen LogP contribution in [0.1, 0.15) is 12.6 Å². The lowest BCUT2D eigenvalue weighted by molar-refractivity contribution is 0.282. The van der Waals surface area contributed by atoms with E-state index >= 15 is 0 Å². The summed E-state index contributed by atoms with van der Waals surface area (Å²) in [6, 6.07) is -0.424. The third kappa shape index (κ3) is 3.58. The number of aromatic nitrogens is 1. The van der Waals surface area contributed by atoms with E-state index in [1.165, 1.54) is 18.7 Å². The van der Waals surface area contributed by atoms with Crippen LogP contribution in [-0.2, 0) is 10.0 Å². The summed E-state index contributed by atoms with van der Waals surface area (Å²) in [5.74, 6) is 0. The number of nitrogens with one attached hydrogen (secondary N) is 2. The summed E-state index contributed by atoms with van der Waals surface area (Å²) >= 11 is 2.04. The smallest absolute Gasteiger partial charge is 0.305 e. The monoisotopic (exact) mass is 312 g/mol. The number of aliphatic hydroxyl groups is 1. The van der Waals surface area contributed by atoms with E-state index in [0.717, 1.165) is 0 Å². The van der Waals surface area contributed by atoms with Gasteiger partial charge in [0.1, 0.15) is 0 Å². The number of rotatable bonds is 6. The number of H-pyrrole nitrogens is 1. The first kappa shape index (κ1) is 15.7. The fraction of sp³-hybridized carbons (Fsp3) is 0.667. The molecule has 3 N–H and O–H groups in total. The minimum Gasteiger partial charge on any atom is -0.395 e. The molecule has 1 rings (SSSR count). The van der Waals surface area contributed by atoms with Crippen LogP contribution in [0.4, 0.5) is 0 Å². The van der Waals surface area contributed by atoms with E-state index in [1.54, 1.807) is 13.2 Å². The van der Waals surface area contributed by atoms with Crippen LogP contribution in [0.25, 0.3) is 0 Å². The maximum Gasteiger partial charge on any atom is 0.305 e. The zero-order valence-corrected chi connectivity index (χ0v) is 12.7. The van der Waals surface area contributed by atoms with Gasteiger partial charge in [-0.2, -0.15) is 11.8 Å². The summed E-state index contributed by atoms with van der Waals surface area (Å²) in [5, 5.41) is 8.89. The van der Waals surface area contributed by atoms with Crippen LogP contribution in [-0.4, -0.2) is 42.7 Å². The number of aryl methyl sites for hydroxylation is 1. The van der Waals surface area contributed by atoms with Crippen molar-refractivity contribution in [3.05, 3.63) is 15.4 Å². The van der Waals surface area contributed by atoms with E-state index in [2.05, 4.69) is 9.71 Å². The summed E-state index contributed by atoms with van der Waals surface area (Å²) in [7, 11) is -3.72. The third-order valence-corrected chi connectivity index (χ3v) is 6.73. The summed E-state index contributed by atoms with van der Waals surface area (Å²) in [4.78, 5) is 13.2. The molecule has 1 heterocycles. The largest absolute Gasteiger partial charge is 0.395 e. The molecule has 2 unspecified atom stereocenters. The second-order valence-electron chi connectivity index (χ2n) is 3.79. The SMILES string of the molecule is CSC(CO)C(C)NS(=O)(=O)c1sc(=O)[nH]c1C. The molecule has 0 saturated carbocycles. The average molecular weight is 312 g/mol. The maximum absolute atomic E-state index is 12.1. The van der Waals surface area contributed by atoms with Crippen LogP contribution in [0.5, 0.6) is 0 Å². The van der Waals surface area contributed by atoms with Crippen LogP contribution in [0.3, 0.4) is 0 Å². The molecule has 0 aromatic carbocycles. The Morgan fingerprint density at radius 2 is 2.17 bits per heavy atom. The third-order valence-electron chi connectivity index (χ3n) is 2.41. The molecule has 2 atom stereocenters. The van der Waals surface area contributed by atoms with E-state index in [1.807, 2.05) is 0 Å². The number of hydrogen-bond acceptors (Lipinski definition) is 6. The van der Waals surface area contributed by atoms with Crippen LogP contribution in [0.2, 0.25) is 0 Å². The molecule has 104 valence electrons. The number of thiazole rings is 1. The van der Waals surface area contributed by atoms with Gasteiger partial charge in [0.15, 0.2) is 4.21 Å². The molecule has 0 spiro atoms. The minimum atomic E-state index is -3.72. The predicted octanol–water partition coefficient (Wildman–Crippen LogP) is 0.136. The fourth-order valence-electron chi connectivity index (χ4n) is 1.46. The summed E-state index contributed by atoms with van der Waals surface area (Å²) in [6.45, 7) is 3.10. The summed E-state index contributed by atoms with van der Waals surface area (Å²) < 4.78 is 26.6. The maximum atomic E-state index is 12.1. The minimum absolute atomic E-state index is 0.00265. The zero-order valence-electron chi connectivity index (χ0n) is 10.3. The molecule has 0 aliphatic carbocycles. The second kappa shape index (κ2) is 6.20. The van der Waals surface area contributed by atoms with Crippen molar-refractivity contribution in [2.75, 3.05) is 12.9 Å². The first-order chi connectivity index (χ1) is 8.31. The van der Waals surface area contributed by atoms with E-state index in [9.17, 15) is 13.2 Å². The molecule has 18 heavy (non-hydrogen) atoms. The van der Waals surface area contributed by atoms with Crippen LogP contribution in [0.15, 0.2) is 9.00 Å². The van der Waals surface area contributed by atoms with Crippen molar-refractivity contribution in [3.8, 4) is 0 Å². The Morgan fingerprint density at radius 1 is 1.56 bits per heavy atom. The Labute approximate surface area is 114 Å². The van der Waals surface area contributed by atoms with E-state index < -0.39 is 20.9 Å². The lowest BCUT2D eigenvalue weighted by atomic mass is 10.3.